The van der Waals surface area contributed by atoms with Crippen LogP contribution < -0.4 is 5.73 Å². The number of anilines is 1. The van der Waals surface area contributed by atoms with Gasteiger partial charge in [-0.25, -0.2) is 0 Å². The lowest BCUT2D eigenvalue weighted by molar-refractivity contribution is -0.145. The van der Waals surface area contributed by atoms with Crippen LogP contribution in [-0.4, -0.2) is 135 Å². The standard InChI is InChI=1S/C26H40N4O10/c27-19-7-5-18(6-8-19)11-20(29(14-24(34)35)15-25(36)37)12-30(16-26(38)39)22-4-2-1-3-21(22)28(13-23(32)33)9-10-40-17-31/h5-8,20-22,31H,1-4,9-17,27H2,(H,32,33)(H,34,35)(H,36,37)(H,38,39)/t20-,21+,22+/m0/s1. The predicted octanol–water partition coefficient (Wildman–Crippen LogP) is -0.298. The Morgan fingerprint density at radius 3 is 1.82 bits per heavy atom. The van der Waals surface area contributed by atoms with Crippen molar-refractivity contribution in [3.8, 4) is 0 Å². The van der Waals surface area contributed by atoms with Crippen LogP contribution in [0.15, 0.2) is 24.3 Å². The number of nitrogen functional groups attached to an aromatic ring is 1. The Morgan fingerprint density at radius 1 is 0.825 bits per heavy atom. The first-order chi connectivity index (χ1) is 19.0. The number of carbonyl (C=O) groups is 4. The molecule has 0 bridgehead atoms. The molecule has 0 unspecified atom stereocenters. The molecule has 7 N–H and O–H groups in total. The van der Waals surface area contributed by atoms with Gasteiger partial charge in [0.25, 0.3) is 0 Å². The fourth-order valence-electron chi connectivity index (χ4n) is 5.38. The SMILES string of the molecule is Nc1ccc(C[C@@H](CN(CC(=O)O)[C@@H]2CCCC[C@H]2N(CCOCO)CC(=O)O)N(CC(=O)O)CC(=O)O)cc1. The van der Waals surface area contributed by atoms with Gasteiger partial charge in [0, 0.05) is 36.9 Å². The number of benzene rings is 1. The molecule has 0 radical (unpaired) electrons. The number of carboxylic acids is 4. The van der Waals surface area contributed by atoms with E-state index in [1.54, 1.807) is 34.1 Å². The molecule has 1 aromatic carbocycles. The van der Waals surface area contributed by atoms with Crippen molar-refractivity contribution >= 4 is 29.6 Å². The Bertz CT molecular complexity index is 961. The van der Waals surface area contributed by atoms with Gasteiger partial charge in [0.05, 0.1) is 32.8 Å². The highest BCUT2D eigenvalue weighted by Crippen LogP contribution is 2.28. The molecule has 0 saturated heterocycles. The Labute approximate surface area is 232 Å². The van der Waals surface area contributed by atoms with Crippen molar-refractivity contribution in [2.24, 2.45) is 0 Å². The van der Waals surface area contributed by atoms with E-state index < -0.39 is 62.4 Å². The van der Waals surface area contributed by atoms with E-state index in [9.17, 15) is 39.6 Å². The minimum Gasteiger partial charge on any atom is -0.480 e. The van der Waals surface area contributed by atoms with Gasteiger partial charge < -0.3 is 36.0 Å². The van der Waals surface area contributed by atoms with E-state index in [1.807, 2.05) is 0 Å². The lowest BCUT2D eigenvalue weighted by Crippen LogP contribution is -2.59. The van der Waals surface area contributed by atoms with Gasteiger partial charge in [0.15, 0.2) is 0 Å². The maximum absolute atomic E-state index is 12.0. The van der Waals surface area contributed by atoms with E-state index in [4.69, 9.17) is 15.6 Å². The first-order valence-corrected chi connectivity index (χ1v) is 13.1. The summed E-state index contributed by atoms with van der Waals surface area (Å²) in [5.41, 5.74) is 7.09. The van der Waals surface area contributed by atoms with Gasteiger partial charge in [-0.3, -0.25) is 33.9 Å². The molecule has 2 rings (SSSR count). The fraction of sp³-hybridized carbons (Fsp3) is 0.615. The van der Waals surface area contributed by atoms with E-state index in [0.717, 1.165) is 18.4 Å². The molecule has 14 nitrogen and oxygen atoms in total. The summed E-state index contributed by atoms with van der Waals surface area (Å²) in [7, 11) is 0. The third kappa shape index (κ3) is 11.4. The summed E-state index contributed by atoms with van der Waals surface area (Å²) in [6, 6.07) is 5.42. The second-order valence-electron chi connectivity index (χ2n) is 9.94. The Kier molecular flexibility index (Phi) is 13.8. The van der Waals surface area contributed by atoms with E-state index in [-0.39, 0.29) is 38.7 Å². The highest BCUT2D eigenvalue weighted by molar-refractivity contribution is 5.73. The van der Waals surface area contributed by atoms with Crippen LogP contribution in [0.5, 0.6) is 0 Å². The van der Waals surface area contributed by atoms with Gasteiger partial charge in [0.2, 0.25) is 0 Å². The van der Waals surface area contributed by atoms with Crippen molar-refractivity contribution in [1.29, 1.82) is 0 Å². The Balaban J connectivity index is 2.45. The molecule has 3 atom stereocenters. The molecule has 224 valence electrons. The van der Waals surface area contributed by atoms with Crippen molar-refractivity contribution in [2.45, 2.75) is 50.2 Å². The second kappa shape index (κ2) is 16.7. The number of aliphatic hydroxyl groups excluding tert-OH is 1. The molecule has 1 aromatic rings. The van der Waals surface area contributed by atoms with Crippen LogP contribution in [-0.2, 0) is 30.3 Å². The number of hydrogen-bond acceptors (Lipinski definition) is 10. The van der Waals surface area contributed by atoms with Crippen LogP contribution in [0.1, 0.15) is 31.2 Å². The lowest BCUT2D eigenvalue weighted by atomic mass is 9.87. The van der Waals surface area contributed by atoms with Crippen LogP contribution in [0.25, 0.3) is 0 Å². The van der Waals surface area contributed by atoms with Crippen LogP contribution in [0.4, 0.5) is 5.69 Å². The van der Waals surface area contributed by atoms with Crippen molar-refractivity contribution in [1.82, 2.24) is 14.7 Å². The molecule has 0 spiro atoms. The maximum Gasteiger partial charge on any atom is 0.317 e. The number of aliphatic hydroxyl groups is 1. The second-order valence-corrected chi connectivity index (χ2v) is 9.94. The maximum atomic E-state index is 12.0. The fourth-order valence-corrected chi connectivity index (χ4v) is 5.38. The molecule has 0 aromatic heterocycles. The highest BCUT2D eigenvalue weighted by atomic mass is 16.6. The zero-order chi connectivity index (χ0) is 29.7. The Morgan fingerprint density at radius 2 is 1.32 bits per heavy atom. The summed E-state index contributed by atoms with van der Waals surface area (Å²) < 4.78 is 5.03. The van der Waals surface area contributed by atoms with Gasteiger partial charge in [-0.2, -0.15) is 0 Å². The minimum absolute atomic E-state index is 0.0342. The van der Waals surface area contributed by atoms with E-state index >= 15 is 0 Å². The largest absolute Gasteiger partial charge is 0.480 e. The number of carboxylic acid groups (broad SMARTS) is 4. The topological polar surface area (TPSA) is 214 Å². The third-order valence-electron chi connectivity index (χ3n) is 7.01. The van der Waals surface area contributed by atoms with Gasteiger partial charge in [0.1, 0.15) is 6.79 Å². The van der Waals surface area contributed by atoms with E-state index in [0.29, 0.717) is 18.5 Å². The summed E-state index contributed by atoms with van der Waals surface area (Å²) in [4.78, 5) is 51.7. The molecule has 1 aliphatic rings. The summed E-state index contributed by atoms with van der Waals surface area (Å²) in [6.45, 7) is -2.04. The zero-order valence-corrected chi connectivity index (χ0v) is 22.4. The molecule has 1 fully saturated rings. The number of nitrogens with two attached hydrogens (primary N) is 1. The average molecular weight is 569 g/mol. The monoisotopic (exact) mass is 568 g/mol. The molecule has 0 aliphatic heterocycles. The molecule has 1 saturated carbocycles. The van der Waals surface area contributed by atoms with Crippen molar-refractivity contribution in [3.05, 3.63) is 29.8 Å². The van der Waals surface area contributed by atoms with Crippen LogP contribution in [0.3, 0.4) is 0 Å². The van der Waals surface area contributed by atoms with Crippen LogP contribution in [0, 0.1) is 0 Å². The predicted molar refractivity (Wildman–Crippen MR) is 143 cm³/mol. The number of rotatable bonds is 19. The third-order valence-corrected chi connectivity index (χ3v) is 7.01. The number of ether oxygens (including phenoxy) is 1. The number of hydrogen-bond donors (Lipinski definition) is 6. The molecular formula is C26H40N4O10. The highest BCUT2D eigenvalue weighted by Gasteiger charge is 2.37. The van der Waals surface area contributed by atoms with E-state index in [1.165, 1.54) is 4.90 Å². The molecule has 1 aliphatic carbocycles. The quantitative estimate of drug-likeness (QED) is 0.0718. The normalized spacial score (nSPS) is 18.2. The van der Waals surface area contributed by atoms with Gasteiger partial charge in [-0.05, 0) is 37.0 Å². The molecule has 0 amide bonds. The summed E-state index contributed by atoms with van der Waals surface area (Å²) >= 11 is 0. The van der Waals surface area contributed by atoms with Crippen molar-refractivity contribution in [3.63, 3.8) is 0 Å². The van der Waals surface area contributed by atoms with Gasteiger partial charge >= 0.3 is 23.9 Å². The summed E-state index contributed by atoms with van der Waals surface area (Å²) in [5, 5.41) is 47.4. The Hall–Kier alpha value is -3.30. The van der Waals surface area contributed by atoms with Gasteiger partial charge in [-0.1, -0.05) is 25.0 Å². The molecule has 0 heterocycles. The first kappa shape index (κ1) is 32.9. The van der Waals surface area contributed by atoms with E-state index in [2.05, 4.69) is 0 Å². The van der Waals surface area contributed by atoms with Crippen LogP contribution >= 0.6 is 0 Å². The summed E-state index contributed by atoms with van der Waals surface area (Å²) in [5.74, 6) is -4.62. The molecule has 40 heavy (non-hydrogen) atoms. The first-order valence-electron chi connectivity index (χ1n) is 13.1. The average Bonchev–Trinajstić information content (AvgIpc) is 2.87. The van der Waals surface area contributed by atoms with Crippen LogP contribution in [0.2, 0.25) is 0 Å². The number of nitrogens with zero attached hydrogens (tertiary/aromatic N) is 3. The minimum atomic E-state index is -1.22. The molecular weight excluding hydrogens is 528 g/mol. The lowest BCUT2D eigenvalue weighted by Gasteiger charge is -2.46. The zero-order valence-electron chi connectivity index (χ0n) is 22.4. The summed E-state index contributed by atoms with van der Waals surface area (Å²) in [6.07, 6.45) is 2.99. The van der Waals surface area contributed by atoms with Crippen molar-refractivity contribution in [2.75, 3.05) is 58.4 Å². The number of aliphatic carboxylic acids is 4. The molecule has 14 heteroatoms. The van der Waals surface area contributed by atoms with Gasteiger partial charge in [-0.15, -0.1) is 0 Å². The smallest absolute Gasteiger partial charge is 0.317 e. The van der Waals surface area contributed by atoms with Crippen molar-refractivity contribution < 1.29 is 49.4 Å².